The summed E-state index contributed by atoms with van der Waals surface area (Å²) in [7, 11) is 1.87. The first-order chi connectivity index (χ1) is 5.24. The molecule has 2 rings (SSSR count). The van der Waals surface area contributed by atoms with E-state index in [1.807, 2.05) is 7.11 Å². The molecule has 3 atom stereocenters. The number of hydrogen-bond acceptors (Lipinski definition) is 1. The number of ether oxygens (including phenoxy) is 1. The quantitative estimate of drug-likeness (QED) is 0.564. The van der Waals surface area contributed by atoms with Gasteiger partial charge >= 0.3 is 0 Å². The molecule has 0 spiro atoms. The van der Waals surface area contributed by atoms with Gasteiger partial charge in [-0.3, -0.25) is 0 Å². The van der Waals surface area contributed by atoms with E-state index in [1.54, 1.807) is 0 Å². The van der Waals surface area contributed by atoms with Crippen LogP contribution in [0.15, 0.2) is 0 Å². The van der Waals surface area contributed by atoms with E-state index in [0.717, 1.165) is 11.8 Å². The van der Waals surface area contributed by atoms with E-state index in [1.165, 1.54) is 32.1 Å². The van der Waals surface area contributed by atoms with Crippen molar-refractivity contribution in [2.45, 2.75) is 44.6 Å². The lowest BCUT2D eigenvalue weighted by atomic mass is 9.77. The van der Waals surface area contributed by atoms with E-state index in [0.29, 0.717) is 0 Å². The zero-order chi connectivity index (χ0) is 7.90. The first kappa shape index (κ1) is 7.60. The smallest absolute Gasteiger partial charge is 0.0679 e. The molecule has 1 nitrogen and oxygen atoms in total. The second-order valence-corrected chi connectivity index (χ2v) is 4.43. The van der Waals surface area contributed by atoms with E-state index in [-0.39, 0.29) is 5.60 Å². The molecule has 0 saturated heterocycles. The van der Waals surface area contributed by atoms with Crippen molar-refractivity contribution in [3.8, 4) is 0 Å². The zero-order valence-electron chi connectivity index (χ0n) is 7.60. The van der Waals surface area contributed by atoms with Crippen LogP contribution in [0.25, 0.3) is 0 Å². The number of rotatable bonds is 1. The van der Waals surface area contributed by atoms with Gasteiger partial charge in [-0.2, -0.15) is 0 Å². The van der Waals surface area contributed by atoms with Gasteiger partial charge in [0.1, 0.15) is 0 Å². The largest absolute Gasteiger partial charge is 0.378 e. The highest BCUT2D eigenvalue weighted by atomic mass is 16.5. The Bertz CT molecular complexity index is 155. The average Bonchev–Trinajstić information content (AvgIpc) is 2.44. The molecule has 2 aliphatic rings. The van der Waals surface area contributed by atoms with Gasteiger partial charge < -0.3 is 4.74 Å². The highest BCUT2D eigenvalue weighted by Crippen LogP contribution is 2.48. The van der Waals surface area contributed by atoms with Gasteiger partial charge in [0.2, 0.25) is 0 Å². The van der Waals surface area contributed by atoms with E-state index in [9.17, 15) is 0 Å². The van der Waals surface area contributed by atoms with Crippen molar-refractivity contribution in [2.75, 3.05) is 7.11 Å². The van der Waals surface area contributed by atoms with Crippen LogP contribution in [0.1, 0.15) is 39.0 Å². The maximum Gasteiger partial charge on any atom is 0.0679 e. The number of hydrogen-bond donors (Lipinski definition) is 0. The van der Waals surface area contributed by atoms with Crippen molar-refractivity contribution >= 4 is 0 Å². The van der Waals surface area contributed by atoms with Gasteiger partial charge in [0, 0.05) is 7.11 Å². The third-order valence-electron chi connectivity index (χ3n) is 3.92. The van der Waals surface area contributed by atoms with Crippen LogP contribution in [-0.4, -0.2) is 12.7 Å². The summed E-state index contributed by atoms with van der Waals surface area (Å²) in [5.41, 5.74) is 0.229. The maximum absolute atomic E-state index is 5.61. The molecule has 0 radical (unpaired) electrons. The maximum atomic E-state index is 5.61. The summed E-state index contributed by atoms with van der Waals surface area (Å²) in [6.07, 6.45) is 7.00. The molecule has 0 aromatic heterocycles. The molecule has 2 fully saturated rings. The second-order valence-electron chi connectivity index (χ2n) is 4.43. The van der Waals surface area contributed by atoms with E-state index >= 15 is 0 Å². The summed E-state index contributed by atoms with van der Waals surface area (Å²) in [6.45, 7) is 2.29. The standard InChI is InChI=1S/C10H18O/c1-10(11-2)6-5-8-3-4-9(10)7-8/h8-9H,3-7H2,1-2H3/t8-,9-,10-/m0/s1. The highest BCUT2D eigenvalue weighted by Gasteiger charge is 2.43. The molecule has 0 aliphatic heterocycles. The van der Waals surface area contributed by atoms with Crippen LogP contribution in [0.4, 0.5) is 0 Å². The fourth-order valence-electron chi connectivity index (χ4n) is 2.86. The van der Waals surface area contributed by atoms with Gasteiger partial charge in [-0.25, -0.2) is 0 Å². The molecule has 64 valence electrons. The van der Waals surface area contributed by atoms with Crippen molar-refractivity contribution in [2.24, 2.45) is 11.8 Å². The Balaban J connectivity index is 2.12. The molecule has 0 aromatic rings. The van der Waals surface area contributed by atoms with Crippen LogP contribution < -0.4 is 0 Å². The second kappa shape index (κ2) is 2.48. The zero-order valence-corrected chi connectivity index (χ0v) is 7.60. The highest BCUT2D eigenvalue weighted by molar-refractivity contribution is 4.95. The predicted octanol–water partition coefficient (Wildman–Crippen LogP) is 2.60. The molecular weight excluding hydrogens is 136 g/mol. The van der Waals surface area contributed by atoms with Crippen LogP contribution in [-0.2, 0) is 4.74 Å². The predicted molar refractivity (Wildman–Crippen MR) is 45.5 cm³/mol. The Morgan fingerprint density at radius 2 is 2.09 bits per heavy atom. The molecule has 1 heteroatoms. The van der Waals surface area contributed by atoms with Gasteiger partial charge in [0.25, 0.3) is 0 Å². The first-order valence-electron chi connectivity index (χ1n) is 4.80. The van der Waals surface area contributed by atoms with E-state index < -0.39 is 0 Å². The summed E-state index contributed by atoms with van der Waals surface area (Å²) in [6, 6.07) is 0. The van der Waals surface area contributed by atoms with Crippen molar-refractivity contribution in [1.82, 2.24) is 0 Å². The van der Waals surface area contributed by atoms with Crippen LogP contribution in [0, 0.1) is 11.8 Å². The van der Waals surface area contributed by atoms with Crippen molar-refractivity contribution in [3.05, 3.63) is 0 Å². The van der Waals surface area contributed by atoms with E-state index in [2.05, 4.69) is 6.92 Å². The van der Waals surface area contributed by atoms with Gasteiger partial charge in [-0.05, 0) is 44.4 Å². The van der Waals surface area contributed by atoms with E-state index in [4.69, 9.17) is 4.74 Å². The summed E-state index contributed by atoms with van der Waals surface area (Å²) in [5, 5.41) is 0. The van der Waals surface area contributed by atoms with Crippen LogP contribution in [0.5, 0.6) is 0 Å². The van der Waals surface area contributed by atoms with Crippen molar-refractivity contribution in [3.63, 3.8) is 0 Å². The SMILES string of the molecule is CO[C@@]1(C)CC[C@@H]2CC[C@H]1C2. The molecule has 11 heavy (non-hydrogen) atoms. The Hall–Kier alpha value is -0.0400. The molecule has 0 unspecified atom stereocenters. The molecule has 0 amide bonds. The van der Waals surface area contributed by atoms with Crippen LogP contribution >= 0.6 is 0 Å². The third-order valence-corrected chi connectivity index (χ3v) is 3.92. The third kappa shape index (κ3) is 1.10. The lowest BCUT2D eigenvalue weighted by molar-refractivity contribution is -0.0630. The van der Waals surface area contributed by atoms with Crippen LogP contribution in [0.2, 0.25) is 0 Å². The Morgan fingerprint density at radius 3 is 2.82 bits per heavy atom. The minimum atomic E-state index is 0.229. The number of methoxy groups -OCH3 is 1. The van der Waals surface area contributed by atoms with Crippen molar-refractivity contribution < 1.29 is 4.74 Å². The number of fused-ring (bicyclic) bond motifs is 2. The monoisotopic (exact) mass is 154 g/mol. The Kier molecular flexibility index (Phi) is 1.71. The normalized spacial score (nSPS) is 49.6. The fourth-order valence-corrected chi connectivity index (χ4v) is 2.86. The fraction of sp³-hybridized carbons (Fsp3) is 1.00. The van der Waals surface area contributed by atoms with Gasteiger partial charge in [-0.1, -0.05) is 6.42 Å². The summed E-state index contributed by atoms with van der Waals surface area (Å²) in [4.78, 5) is 0. The summed E-state index contributed by atoms with van der Waals surface area (Å²) >= 11 is 0. The minimum absolute atomic E-state index is 0.229. The first-order valence-corrected chi connectivity index (χ1v) is 4.80. The summed E-state index contributed by atoms with van der Waals surface area (Å²) < 4.78 is 5.61. The minimum Gasteiger partial charge on any atom is -0.378 e. The average molecular weight is 154 g/mol. The summed E-state index contributed by atoms with van der Waals surface area (Å²) in [5.74, 6) is 1.91. The molecule has 2 aliphatic carbocycles. The molecule has 2 saturated carbocycles. The lowest BCUT2D eigenvalue weighted by Crippen LogP contribution is -2.38. The Labute approximate surface area is 69.1 Å². The topological polar surface area (TPSA) is 9.23 Å². The van der Waals surface area contributed by atoms with Gasteiger partial charge in [0.05, 0.1) is 5.60 Å². The lowest BCUT2D eigenvalue weighted by Gasteiger charge is -2.38. The molecule has 0 aromatic carbocycles. The molecular formula is C10H18O. The van der Waals surface area contributed by atoms with Gasteiger partial charge in [0.15, 0.2) is 0 Å². The molecule has 2 bridgehead atoms. The Morgan fingerprint density at radius 1 is 1.27 bits per heavy atom. The van der Waals surface area contributed by atoms with Gasteiger partial charge in [-0.15, -0.1) is 0 Å². The van der Waals surface area contributed by atoms with Crippen LogP contribution in [0.3, 0.4) is 0 Å². The molecule has 0 N–H and O–H groups in total. The molecule has 0 heterocycles. The van der Waals surface area contributed by atoms with Crippen molar-refractivity contribution in [1.29, 1.82) is 0 Å².